The average Bonchev–Trinajstić information content (AvgIpc) is 1.99. The molecular formula is C10H11F3. The highest BCUT2D eigenvalue weighted by atomic mass is 19.2. The molecule has 0 N–H and O–H groups in total. The third kappa shape index (κ3) is 2.47. The molecule has 0 aromatic heterocycles. The fraction of sp³-hybridized carbons (Fsp3) is 0.400. The van der Waals surface area contributed by atoms with Crippen molar-refractivity contribution in [3.8, 4) is 0 Å². The second-order valence-electron chi connectivity index (χ2n) is 3.46. The third-order valence-electron chi connectivity index (χ3n) is 1.72. The van der Waals surface area contributed by atoms with Crippen LogP contribution in [-0.2, 0) is 6.42 Å². The second-order valence-corrected chi connectivity index (χ2v) is 3.46. The Labute approximate surface area is 75.4 Å². The van der Waals surface area contributed by atoms with Crippen molar-refractivity contribution in [2.75, 3.05) is 0 Å². The Morgan fingerprint density at radius 3 is 2.08 bits per heavy atom. The number of benzene rings is 1. The van der Waals surface area contributed by atoms with Gasteiger partial charge in [-0.15, -0.1) is 0 Å². The van der Waals surface area contributed by atoms with Gasteiger partial charge in [0.05, 0.1) is 0 Å². The lowest BCUT2D eigenvalue weighted by molar-refractivity contribution is 0.485. The Balaban J connectivity index is 3.01. The van der Waals surface area contributed by atoms with E-state index in [0.29, 0.717) is 12.5 Å². The maximum absolute atomic E-state index is 13.0. The van der Waals surface area contributed by atoms with E-state index in [1.54, 1.807) is 0 Å². The largest absolute Gasteiger partial charge is 0.207 e. The zero-order chi connectivity index (χ0) is 10.0. The third-order valence-corrected chi connectivity index (χ3v) is 1.72. The zero-order valence-electron chi connectivity index (χ0n) is 7.57. The van der Waals surface area contributed by atoms with Gasteiger partial charge < -0.3 is 0 Å². The SMILES string of the molecule is CC(C)Cc1cc(F)c(F)cc1F. The van der Waals surface area contributed by atoms with Gasteiger partial charge >= 0.3 is 0 Å². The van der Waals surface area contributed by atoms with E-state index in [1.165, 1.54) is 0 Å². The summed E-state index contributed by atoms with van der Waals surface area (Å²) in [7, 11) is 0. The Morgan fingerprint density at radius 2 is 1.54 bits per heavy atom. The van der Waals surface area contributed by atoms with Gasteiger partial charge in [-0.25, -0.2) is 13.2 Å². The Bertz CT molecular complexity index is 305. The fourth-order valence-electron chi connectivity index (χ4n) is 1.16. The molecule has 0 aliphatic carbocycles. The molecule has 0 amide bonds. The molecule has 72 valence electrons. The molecule has 0 saturated carbocycles. The van der Waals surface area contributed by atoms with Gasteiger partial charge in [0.1, 0.15) is 5.82 Å². The van der Waals surface area contributed by atoms with Crippen LogP contribution in [0.5, 0.6) is 0 Å². The van der Waals surface area contributed by atoms with Crippen LogP contribution in [0.3, 0.4) is 0 Å². The molecule has 0 heterocycles. The van der Waals surface area contributed by atoms with Crippen molar-refractivity contribution in [2.24, 2.45) is 5.92 Å². The van der Waals surface area contributed by atoms with Gasteiger partial charge in [0, 0.05) is 6.07 Å². The summed E-state index contributed by atoms with van der Waals surface area (Å²) in [6.07, 6.45) is 0.420. The van der Waals surface area contributed by atoms with E-state index < -0.39 is 17.5 Å². The molecule has 0 spiro atoms. The van der Waals surface area contributed by atoms with Crippen molar-refractivity contribution in [3.63, 3.8) is 0 Å². The summed E-state index contributed by atoms with van der Waals surface area (Å²) in [5.41, 5.74) is 0.230. The number of halogens is 3. The van der Waals surface area contributed by atoms with Crippen molar-refractivity contribution in [1.82, 2.24) is 0 Å². The lowest BCUT2D eigenvalue weighted by Gasteiger charge is -2.06. The summed E-state index contributed by atoms with van der Waals surface area (Å²) in [4.78, 5) is 0. The molecule has 0 saturated heterocycles. The van der Waals surface area contributed by atoms with Crippen molar-refractivity contribution in [2.45, 2.75) is 20.3 Å². The van der Waals surface area contributed by atoms with Gasteiger partial charge in [0.2, 0.25) is 0 Å². The molecule has 3 heteroatoms. The molecule has 1 rings (SSSR count). The molecule has 0 aliphatic rings. The minimum absolute atomic E-state index is 0.222. The van der Waals surface area contributed by atoms with Gasteiger partial charge in [0.15, 0.2) is 11.6 Å². The first kappa shape index (κ1) is 10.1. The first-order chi connectivity index (χ1) is 6.00. The molecule has 0 bridgehead atoms. The number of hydrogen-bond donors (Lipinski definition) is 0. The molecule has 1 aromatic carbocycles. The first-order valence-corrected chi connectivity index (χ1v) is 4.14. The molecule has 0 atom stereocenters. The maximum Gasteiger partial charge on any atom is 0.161 e. The van der Waals surface area contributed by atoms with Crippen molar-refractivity contribution in [3.05, 3.63) is 35.1 Å². The minimum atomic E-state index is -1.13. The van der Waals surface area contributed by atoms with Crippen molar-refractivity contribution >= 4 is 0 Å². The van der Waals surface area contributed by atoms with E-state index in [4.69, 9.17) is 0 Å². The normalized spacial score (nSPS) is 10.9. The molecule has 0 aliphatic heterocycles. The van der Waals surface area contributed by atoms with Crippen LogP contribution in [0.25, 0.3) is 0 Å². The average molecular weight is 188 g/mol. The van der Waals surface area contributed by atoms with Gasteiger partial charge in [0.25, 0.3) is 0 Å². The fourth-order valence-corrected chi connectivity index (χ4v) is 1.16. The standard InChI is InChI=1S/C10H11F3/c1-6(2)3-7-4-9(12)10(13)5-8(7)11/h4-6H,3H2,1-2H3. The highest BCUT2D eigenvalue weighted by Crippen LogP contribution is 2.16. The quantitative estimate of drug-likeness (QED) is 0.624. The maximum atomic E-state index is 13.0. The van der Waals surface area contributed by atoms with Gasteiger partial charge in [-0.1, -0.05) is 13.8 Å². The van der Waals surface area contributed by atoms with Crippen LogP contribution in [0.4, 0.5) is 13.2 Å². The monoisotopic (exact) mass is 188 g/mol. The van der Waals surface area contributed by atoms with E-state index in [1.807, 2.05) is 13.8 Å². The predicted molar refractivity (Wildman–Crippen MR) is 44.9 cm³/mol. The molecule has 0 unspecified atom stereocenters. The lowest BCUT2D eigenvalue weighted by atomic mass is 10.0. The van der Waals surface area contributed by atoms with Crippen LogP contribution in [0.1, 0.15) is 19.4 Å². The summed E-state index contributed by atoms with van der Waals surface area (Å²) in [5.74, 6) is -2.57. The Kier molecular flexibility index (Phi) is 2.96. The van der Waals surface area contributed by atoms with Gasteiger partial charge in [-0.3, -0.25) is 0 Å². The zero-order valence-corrected chi connectivity index (χ0v) is 7.57. The highest BCUT2D eigenvalue weighted by molar-refractivity contribution is 5.20. The molecular weight excluding hydrogens is 177 g/mol. The summed E-state index contributed by atoms with van der Waals surface area (Å²) >= 11 is 0. The number of rotatable bonds is 2. The topological polar surface area (TPSA) is 0 Å². The van der Waals surface area contributed by atoms with Crippen LogP contribution in [0, 0.1) is 23.4 Å². The Morgan fingerprint density at radius 1 is 1.00 bits per heavy atom. The van der Waals surface area contributed by atoms with Crippen LogP contribution >= 0.6 is 0 Å². The predicted octanol–water partition coefficient (Wildman–Crippen LogP) is 3.30. The van der Waals surface area contributed by atoms with E-state index in [0.717, 1.165) is 6.07 Å². The molecule has 0 radical (unpaired) electrons. The van der Waals surface area contributed by atoms with E-state index in [2.05, 4.69) is 0 Å². The highest BCUT2D eigenvalue weighted by Gasteiger charge is 2.10. The van der Waals surface area contributed by atoms with Crippen LogP contribution in [-0.4, -0.2) is 0 Å². The van der Waals surface area contributed by atoms with Gasteiger partial charge in [-0.2, -0.15) is 0 Å². The summed E-state index contributed by atoms with van der Waals surface area (Å²) in [5, 5.41) is 0. The van der Waals surface area contributed by atoms with E-state index >= 15 is 0 Å². The smallest absolute Gasteiger partial charge is 0.161 e. The molecule has 13 heavy (non-hydrogen) atoms. The second kappa shape index (κ2) is 3.81. The van der Waals surface area contributed by atoms with E-state index in [9.17, 15) is 13.2 Å². The lowest BCUT2D eigenvalue weighted by Crippen LogP contribution is -2.00. The number of hydrogen-bond acceptors (Lipinski definition) is 0. The molecule has 0 nitrogen and oxygen atoms in total. The first-order valence-electron chi connectivity index (χ1n) is 4.14. The van der Waals surface area contributed by atoms with E-state index in [-0.39, 0.29) is 11.5 Å². The Hall–Kier alpha value is -0.990. The van der Waals surface area contributed by atoms with Crippen molar-refractivity contribution in [1.29, 1.82) is 0 Å². The summed E-state index contributed by atoms with van der Waals surface area (Å²) in [6.45, 7) is 3.78. The minimum Gasteiger partial charge on any atom is -0.207 e. The van der Waals surface area contributed by atoms with Crippen LogP contribution in [0.15, 0.2) is 12.1 Å². The van der Waals surface area contributed by atoms with Crippen LogP contribution < -0.4 is 0 Å². The van der Waals surface area contributed by atoms with Crippen molar-refractivity contribution < 1.29 is 13.2 Å². The summed E-state index contributed by atoms with van der Waals surface area (Å²) < 4.78 is 38.1. The molecule has 0 fully saturated rings. The molecule has 1 aromatic rings. The van der Waals surface area contributed by atoms with Gasteiger partial charge in [-0.05, 0) is 24.0 Å². The summed E-state index contributed by atoms with van der Waals surface area (Å²) in [6, 6.07) is 1.51. The van der Waals surface area contributed by atoms with Crippen LogP contribution in [0.2, 0.25) is 0 Å².